The Labute approximate surface area is 112 Å². The third kappa shape index (κ3) is 2.03. The Hall–Kier alpha value is -1.77. The van der Waals surface area contributed by atoms with Gasteiger partial charge < -0.3 is 9.84 Å². The molecule has 100 valence electrons. The molecule has 3 nitrogen and oxygen atoms in total. The quantitative estimate of drug-likeness (QED) is 0.883. The van der Waals surface area contributed by atoms with E-state index < -0.39 is 11.4 Å². The highest BCUT2D eigenvalue weighted by molar-refractivity contribution is 5.77. The minimum absolute atomic E-state index is 0.347. The van der Waals surface area contributed by atoms with E-state index in [1.165, 1.54) is 0 Å². The van der Waals surface area contributed by atoms with Crippen molar-refractivity contribution in [3.63, 3.8) is 0 Å². The Morgan fingerprint density at radius 3 is 2.68 bits per heavy atom. The van der Waals surface area contributed by atoms with Gasteiger partial charge in [0.05, 0.1) is 0 Å². The van der Waals surface area contributed by atoms with Gasteiger partial charge in [-0.15, -0.1) is 0 Å². The predicted octanol–water partition coefficient (Wildman–Crippen LogP) is 3.50. The van der Waals surface area contributed by atoms with Crippen LogP contribution < -0.4 is 4.74 Å². The van der Waals surface area contributed by atoms with Crippen LogP contribution in [0, 0.1) is 5.41 Å². The Bertz CT molecular complexity index is 512. The Kier molecular flexibility index (Phi) is 3.05. The molecular weight excluding hydrogens is 240 g/mol. The Morgan fingerprint density at radius 2 is 1.95 bits per heavy atom. The molecule has 0 spiro atoms. The molecule has 3 heteroatoms. The largest absolute Gasteiger partial charge is 0.485 e. The van der Waals surface area contributed by atoms with E-state index in [2.05, 4.69) is 0 Å². The van der Waals surface area contributed by atoms with Crippen molar-refractivity contribution in [2.75, 3.05) is 0 Å². The fourth-order valence-electron chi connectivity index (χ4n) is 3.19. The fourth-order valence-corrected chi connectivity index (χ4v) is 3.19. The summed E-state index contributed by atoms with van der Waals surface area (Å²) in [6.07, 6.45) is 8.05. The van der Waals surface area contributed by atoms with Crippen molar-refractivity contribution in [3.05, 3.63) is 35.9 Å². The van der Waals surface area contributed by atoms with E-state index in [-0.39, 0.29) is 6.10 Å². The predicted molar refractivity (Wildman–Crippen MR) is 73.0 cm³/mol. The van der Waals surface area contributed by atoms with E-state index >= 15 is 0 Å². The van der Waals surface area contributed by atoms with Crippen LogP contribution in [0.4, 0.5) is 0 Å². The van der Waals surface area contributed by atoms with Crippen LogP contribution in [-0.4, -0.2) is 17.2 Å². The smallest absolute Gasteiger partial charge is 0.313 e. The zero-order valence-electron chi connectivity index (χ0n) is 10.8. The van der Waals surface area contributed by atoms with E-state index in [9.17, 15) is 9.90 Å². The number of hydrogen-bond acceptors (Lipinski definition) is 2. The Balaban J connectivity index is 1.92. The number of hydrogen-bond donors (Lipinski definition) is 1. The summed E-state index contributed by atoms with van der Waals surface area (Å²) in [7, 11) is 0. The number of aliphatic carboxylic acids is 1. The van der Waals surface area contributed by atoms with Gasteiger partial charge >= 0.3 is 5.97 Å². The monoisotopic (exact) mass is 258 g/mol. The maximum Gasteiger partial charge on any atom is 0.313 e. The lowest BCUT2D eigenvalue weighted by atomic mass is 9.69. The van der Waals surface area contributed by atoms with Gasteiger partial charge in [0, 0.05) is 5.56 Å². The van der Waals surface area contributed by atoms with E-state index in [1.54, 1.807) is 0 Å². The molecule has 0 aromatic heterocycles. The maximum atomic E-state index is 11.8. The summed E-state index contributed by atoms with van der Waals surface area (Å²) in [5.74, 6) is 0.0717. The zero-order chi connectivity index (χ0) is 13.3. The van der Waals surface area contributed by atoms with E-state index in [1.807, 2.05) is 36.4 Å². The van der Waals surface area contributed by atoms with Crippen LogP contribution in [-0.2, 0) is 4.79 Å². The van der Waals surface area contributed by atoms with Gasteiger partial charge in [-0.1, -0.05) is 43.5 Å². The van der Waals surface area contributed by atoms with Crippen LogP contribution in [0.5, 0.6) is 5.75 Å². The number of para-hydroxylation sites is 1. The molecule has 0 radical (unpaired) electrons. The third-order valence-corrected chi connectivity index (χ3v) is 4.34. The van der Waals surface area contributed by atoms with Crippen molar-refractivity contribution in [3.8, 4) is 5.75 Å². The standard InChI is InChI=1S/C16H18O3/c17-15(18)16(10-4-1-5-11-16)14-9-8-12-6-2-3-7-13(12)19-14/h2-3,6-9,14H,1,4-5,10-11H2,(H,17,18). The van der Waals surface area contributed by atoms with Crippen LogP contribution in [0.25, 0.3) is 6.08 Å². The first-order chi connectivity index (χ1) is 9.22. The first kappa shape index (κ1) is 12.3. The zero-order valence-corrected chi connectivity index (χ0v) is 10.8. The van der Waals surface area contributed by atoms with Gasteiger partial charge in [-0.2, -0.15) is 0 Å². The molecule has 1 heterocycles. The number of benzene rings is 1. The lowest BCUT2D eigenvalue weighted by Crippen LogP contribution is -2.46. The molecule has 3 rings (SSSR count). The van der Waals surface area contributed by atoms with E-state index in [0.717, 1.165) is 30.6 Å². The lowest BCUT2D eigenvalue weighted by molar-refractivity contribution is -0.156. The summed E-state index contributed by atoms with van der Waals surface area (Å²) >= 11 is 0. The lowest BCUT2D eigenvalue weighted by Gasteiger charge is -2.39. The molecule has 1 fully saturated rings. The van der Waals surface area contributed by atoms with Crippen LogP contribution in [0.3, 0.4) is 0 Å². The number of carboxylic acids is 1. The first-order valence-corrected chi connectivity index (χ1v) is 6.90. The molecule has 1 atom stereocenters. The summed E-state index contributed by atoms with van der Waals surface area (Å²) in [4.78, 5) is 11.8. The molecule has 19 heavy (non-hydrogen) atoms. The van der Waals surface area contributed by atoms with Gasteiger partial charge in [0.15, 0.2) is 0 Å². The van der Waals surface area contributed by atoms with Crippen LogP contribution >= 0.6 is 0 Å². The van der Waals surface area contributed by atoms with Gasteiger partial charge in [0.25, 0.3) is 0 Å². The molecule has 1 aromatic rings. The van der Waals surface area contributed by atoms with Gasteiger partial charge in [-0.25, -0.2) is 0 Å². The molecule has 1 aliphatic heterocycles. The molecule has 0 amide bonds. The van der Waals surface area contributed by atoms with Crippen LogP contribution in [0.15, 0.2) is 30.3 Å². The van der Waals surface area contributed by atoms with Crippen molar-refractivity contribution in [1.82, 2.24) is 0 Å². The summed E-state index contributed by atoms with van der Waals surface area (Å²) in [6.45, 7) is 0. The van der Waals surface area contributed by atoms with Crippen molar-refractivity contribution >= 4 is 12.0 Å². The molecule has 0 bridgehead atoms. The maximum absolute atomic E-state index is 11.8. The van der Waals surface area contributed by atoms with Gasteiger partial charge in [0.1, 0.15) is 17.3 Å². The number of carboxylic acid groups (broad SMARTS) is 1. The summed E-state index contributed by atoms with van der Waals surface area (Å²) in [6, 6.07) is 7.77. The SMILES string of the molecule is O=C(O)C1(C2C=Cc3ccccc3O2)CCCCC1. The summed E-state index contributed by atoms with van der Waals surface area (Å²) in [5.41, 5.74) is 0.276. The van der Waals surface area contributed by atoms with Gasteiger partial charge in [-0.3, -0.25) is 4.79 Å². The van der Waals surface area contributed by atoms with E-state index in [4.69, 9.17) is 4.74 Å². The third-order valence-electron chi connectivity index (χ3n) is 4.34. The Morgan fingerprint density at radius 1 is 1.21 bits per heavy atom. The summed E-state index contributed by atoms with van der Waals surface area (Å²) < 4.78 is 5.97. The van der Waals surface area contributed by atoms with Crippen LogP contribution in [0.2, 0.25) is 0 Å². The molecular formula is C16H18O3. The van der Waals surface area contributed by atoms with Crippen molar-refractivity contribution < 1.29 is 14.6 Å². The molecule has 0 saturated heterocycles. The number of ether oxygens (including phenoxy) is 1. The average molecular weight is 258 g/mol. The second-order valence-corrected chi connectivity index (χ2v) is 5.46. The normalized spacial score (nSPS) is 24.3. The number of fused-ring (bicyclic) bond motifs is 1. The number of rotatable bonds is 2. The molecule has 1 aliphatic carbocycles. The average Bonchev–Trinajstić information content (AvgIpc) is 2.47. The van der Waals surface area contributed by atoms with E-state index in [0.29, 0.717) is 12.8 Å². The minimum Gasteiger partial charge on any atom is -0.485 e. The van der Waals surface area contributed by atoms with Crippen molar-refractivity contribution in [1.29, 1.82) is 0 Å². The van der Waals surface area contributed by atoms with Crippen molar-refractivity contribution in [2.45, 2.75) is 38.2 Å². The second kappa shape index (κ2) is 4.72. The first-order valence-electron chi connectivity index (χ1n) is 6.90. The van der Waals surface area contributed by atoms with Crippen molar-refractivity contribution in [2.24, 2.45) is 5.41 Å². The van der Waals surface area contributed by atoms with Crippen LogP contribution in [0.1, 0.15) is 37.7 Å². The minimum atomic E-state index is -0.748. The molecule has 2 aliphatic rings. The van der Waals surface area contributed by atoms with Gasteiger partial charge in [-0.05, 0) is 25.0 Å². The molecule has 1 N–H and O–H groups in total. The van der Waals surface area contributed by atoms with Gasteiger partial charge in [0.2, 0.25) is 0 Å². The molecule has 1 aromatic carbocycles. The second-order valence-electron chi connectivity index (χ2n) is 5.46. The number of carbonyl (C=O) groups is 1. The topological polar surface area (TPSA) is 46.5 Å². The summed E-state index contributed by atoms with van der Waals surface area (Å²) in [5, 5.41) is 9.68. The highest BCUT2D eigenvalue weighted by atomic mass is 16.5. The fraction of sp³-hybridized carbons (Fsp3) is 0.438. The molecule has 1 unspecified atom stereocenters. The highest BCUT2D eigenvalue weighted by Crippen LogP contribution is 2.43. The highest BCUT2D eigenvalue weighted by Gasteiger charge is 2.47. The molecule has 1 saturated carbocycles.